The summed E-state index contributed by atoms with van der Waals surface area (Å²) in [5.41, 5.74) is 2.85. The number of hydrogen-bond donors (Lipinski definition) is 1. The molecule has 218 valence electrons. The lowest BCUT2D eigenvalue weighted by molar-refractivity contribution is -0.274. The van der Waals surface area contributed by atoms with Crippen molar-refractivity contribution in [2.75, 3.05) is 6.26 Å². The van der Waals surface area contributed by atoms with Gasteiger partial charge in [-0.05, 0) is 73.5 Å². The lowest BCUT2D eigenvalue weighted by atomic mass is 9.97. The highest BCUT2D eigenvalue weighted by molar-refractivity contribution is 7.90. The molecule has 13 heteroatoms. The molecule has 0 atom stereocenters. The summed E-state index contributed by atoms with van der Waals surface area (Å²) in [6.07, 6.45) is -0.937. The quantitative estimate of drug-likeness (QED) is 0.215. The fraction of sp³-hybridized carbons (Fsp3) is 0.172. The van der Waals surface area contributed by atoms with Gasteiger partial charge < -0.3 is 18.8 Å². The molecule has 0 saturated heterocycles. The lowest BCUT2D eigenvalue weighted by Gasteiger charge is -2.15. The maximum atomic E-state index is 15.0. The van der Waals surface area contributed by atoms with E-state index in [0.29, 0.717) is 33.9 Å². The Hall–Kier alpha value is -4.49. The zero-order valence-corrected chi connectivity index (χ0v) is 23.2. The van der Waals surface area contributed by atoms with Crippen molar-refractivity contribution in [2.24, 2.45) is 0 Å². The fourth-order valence-electron chi connectivity index (χ4n) is 4.69. The standard InChI is InChI=1S/C29H23F4N3O5S/c1-16-13-36(17(2)35-16)25-9-6-19(20-11-24(30)23(14-37)26(12-20)42(3,38)39)10-22(25)28-27(34-15-40-28)18-4-7-21(8-5-18)41-29(31,32)33/h4-13,15,37H,14H2,1-3H3. The normalized spacial score (nSPS) is 12.1. The van der Waals surface area contributed by atoms with E-state index in [4.69, 9.17) is 4.42 Å². The molecule has 2 heterocycles. The maximum absolute atomic E-state index is 15.0. The van der Waals surface area contributed by atoms with Crippen molar-refractivity contribution in [2.45, 2.75) is 31.7 Å². The maximum Gasteiger partial charge on any atom is 0.573 e. The molecule has 0 unspecified atom stereocenters. The Kier molecular flexibility index (Phi) is 7.41. The highest BCUT2D eigenvalue weighted by Crippen LogP contribution is 2.39. The Morgan fingerprint density at radius 3 is 2.29 bits per heavy atom. The third-order valence-electron chi connectivity index (χ3n) is 6.48. The van der Waals surface area contributed by atoms with Gasteiger partial charge in [-0.3, -0.25) is 0 Å². The second-order valence-electron chi connectivity index (χ2n) is 9.50. The minimum absolute atomic E-state index is 0.228. The van der Waals surface area contributed by atoms with Gasteiger partial charge >= 0.3 is 6.36 Å². The van der Waals surface area contributed by atoms with Gasteiger partial charge in [0.25, 0.3) is 0 Å². The Morgan fingerprint density at radius 1 is 1.00 bits per heavy atom. The van der Waals surface area contributed by atoms with Crippen LogP contribution in [-0.4, -0.2) is 40.7 Å². The molecule has 0 amide bonds. The van der Waals surface area contributed by atoms with Crippen LogP contribution >= 0.6 is 0 Å². The molecule has 0 saturated carbocycles. The summed E-state index contributed by atoms with van der Waals surface area (Å²) < 4.78 is 89.3. The van der Waals surface area contributed by atoms with Gasteiger partial charge in [0.1, 0.15) is 23.1 Å². The van der Waals surface area contributed by atoms with Gasteiger partial charge in [-0.25, -0.2) is 22.8 Å². The van der Waals surface area contributed by atoms with Crippen molar-refractivity contribution in [3.8, 4) is 45.1 Å². The van der Waals surface area contributed by atoms with Gasteiger partial charge in [0.05, 0.1) is 22.9 Å². The number of ether oxygens (including phenoxy) is 1. The van der Waals surface area contributed by atoms with Crippen molar-refractivity contribution in [1.82, 2.24) is 14.5 Å². The fourth-order valence-corrected chi connectivity index (χ4v) is 5.64. The molecule has 5 aromatic rings. The lowest BCUT2D eigenvalue weighted by Crippen LogP contribution is -2.16. The monoisotopic (exact) mass is 601 g/mol. The largest absolute Gasteiger partial charge is 0.573 e. The smallest absolute Gasteiger partial charge is 0.443 e. The van der Waals surface area contributed by atoms with Gasteiger partial charge in [-0.15, -0.1) is 13.2 Å². The molecule has 0 bridgehead atoms. The van der Waals surface area contributed by atoms with Crippen molar-refractivity contribution in [3.05, 3.63) is 90.1 Å². The van der Waals surface area contributed by atoms with E-state index in [0.717, 1.165) is 30.1 Å². The van der Waals surface area contributed by atoms with E-state index in [1.807, 2.05) is 6.92 Å². The van der Waals surface area contributed by atoms with E-state index in [-0.39, 0.29) is 21.8 Å². The number of aryl methyl sites for hydroxylation is 2. The van der Waals surface area contributed by atoms with Crippen LogP contribution in [0.4, 0.5) is 17.6 Å². The molecule has 5 rings (SSSR count). The van der Waals surface area contributed by atoms with Crippen LogP contribution in [-0.2, 0) is 16.4 Å². The highest BCUT2D eigenvalue weighted by atomic mass is 32.2. The number of aromatic nitrogens is 3. The summed E-state index contributed by atoms with van der Waals surface area (Å²) in [7, 11) is -3.89. The Morgan fingerprint density at radius 2 is 1.69 bits per heavy atom. The van der Waals surface area contributed by atoms with Gasteiger partial charge in [-0.1, -0.05) is 6.07 Å². The minimum Gasteiger partial charge on any atom is -0.443 e. The minimum atomic E-state index is -4.84. The second kappa shape index (κ2) is 10.7. The summed E-state index contributed by atoms with van der Waals surface area (Å²) in [4.78, 5) is 8.40. The molecule has 3 aromatic carbocycles. The van der Waals surface area contributed by atoms with Crippen LogP contribution in [0, 0.1) is 19.7 Å². The molecule has 8 nitrogen and oxygen atoms in total. The third kappa shape index (κ3) is 5.78. The number of alkyl halides is 3. The van der Waals surface area contributed by atoms with Gasteiger partial charge in [0.2, 0.25) is 0 Å². The third-order valence-corrected chi connectivity index (χ3v) is 7.64. The number of oxazole rings is 1. The predicted octanol–water partition coefficient (Wildman–Crippen LogP) is 6.41. The number of nitrogens with zero attached hydrogens (tertiary/aromatic N) is 3. The number of rotatable bonds is 7. The first-order chi connectivity index (χ1) is 19.7. The first kappa shape index (κ1) is 29.0. The summed E-state index contributed by atoms with van der Waals surface area (Å²) in [5, 5.41) is 9.60. The number of imidazole rings is 1. The van der Waals surface area contributed by atoms with Crippen molar-refractivity contribution < 1.29 is 40.2 Å². The zero-order chi connectivity index (χ0) is 30.4. The zero-order valence-electron chi connectivity index (χ0n) is 22.4. The van der Waals surface area contributed by atoms with Gasteiger partial charge in [0, 0.05) is 29.1 Å². The van der Waals surface area contributed by atoms with Crippen LogP contribution in [0.5, 0.6) is 5.75 Å². The average molecular weight is 602 g/mol. The molecular formula is C29H23F4N3O5S. The first-order valence-electron chi connectivity index (χ1n) is 12.4. The van der Waals surface area contributed by atoms with E-state index < -0.39 is 34.4 Å². The molecule has 0 spiro atoms. The molecule has 0 aliphatic heterocycles. The Balaban J connectivity index is 1.70. The first-order valence-corrected chi connectivity index (χ1v) is 14.2. The number of aliphatic hydroxyl groups is 1. The number of benzene rings is 3. The molecule has 42 heavy (non-hydrogen) atoms. The number of sulfone groups is 1. The number of halogens is 4. The van der Waals surface area contributed by atoms with Crippen molar-refractivity contribution in [3.63, 3.8) is 0 Å². The van der Waals surface area contributed by atoms with Gasteiger partial charge in [0.15, 0.2) is 22.0 Å². The molecule has 0 aliphatic rings. The average Bonchev–Trinajstić information content (AvgIpc) is 3.52. The molecule has 1 N–H and O–H groups in total. The summed E-state index contributed by atoms with van der Waals surface area (Å²) in [6.45, 7) is 2.82. The Labute approximate surface area is 237 Å². The van der Waals surface area contributed by atoms with E-state index in [1.54, 1.807) is 35.9 Å². The summed E-state index contributed by atoms with van der Waals surface area (Å²) in [6, 6.07) is 12.6. The molecule has 0 radical (unpaired) electrons. The molecule has 0 fully saturated rings. The summed E-state index contributed by atoms with van der Waals surface area (Å²) in [5.74, 6) is -0.394. The second-order valence-corrected chi connectivity index (χ2v) is 11.5. The number of hydrogen-bond acceptors (Lipinski definition) is 7. The molecule has 2 aromatic heterocycles. The van der Waals surface area contributed by atoms with E-state index in [1.165, 1.54) is 24.6 Å². The molecular weight excluding hydrogens is 578 g/mol. The van der Waals surface area contributed by atoms with Crippen LogP contribution in [0.2, 0.25) is 0 Å². The summed E-state index contributed by atoms with van der Waals surface area (Å²) >= 11 is 0. The van der Waals surface area contributed by atoms with Gasteiger partial charge in [-0.2, -0.15) is 0 Å². The number of aliphatic hydroxyl groups excluding tert-OH is 1. The van der Waals surface area contributed by atoms with E-state index >= 15 is 0 Å². The van der Waals surface area contributed by atoms with Crippen molar-refractivity contribution in [1.29, 1.82) is 0 Å². The van der Waals surface area contributed by atoms with E-state index in [2.05, 4.69) is 14.7 Å². The van der Waals surface area contributed by atoms with Crippen LogP contribution in [0.3, 0.4) is 0 Å². The predicted molar refractivity (Wildman–Crippen MR) is 145 cm³/mol. The topological polar surface area (TPSA) is 107 Å². The SMILES string of the molecule is Cc1cn(-c2ccc(-c3cc(F)c(CO)c(S(C)(=O)=O)c3)cc2-c2ocnc2-c2ccc(OC(F)(F)F)cc2)c(C)n1. The molecule has 0 aliphatic carbocycles. The highest BCUT2D eigenvalue weighted by Gasteiger charge is 2.31. The van der Waals surface area contributed by atoms with Crippen LogP contribution in [0.15, 0.2) is 76.5 Å². The Bertz CT molecular complexity index is 1900. The van der Waals surface area contributed by atoms with Crippen LogP contribution in [0.25, 0.3) is 39.4 Å². The van der Waals surface area contributed by atoms with Crippen LogP contribution in [0.1, 0.15) is 17.1 Å². The van der Waals surface area contributed by atoms with Crippen LogP contribution < -0.4 is 4.74 Å². The van der Waals surface area contributed by atoms with E-state index in [9.17, 15) is 31.1 Å². The van der Waals surface area contributed by atoms with Crippen molar-refractivity contribution >= 4 is 9.84 Å².